The highest BCUT2D eigenvalue weighted by molar-refractivity contribution is 5.97. The zero-order valence-electron chi connectivity index (χ0n) is 15.0. The third-order valence-corrected chi connectivity index (χ3v) is 4.89. The molecule has 1 aliphatic rings. The van der Waals surface area contributed by atoms with Crippen LogP contribution in [0.1, 0.15) is 36.3 Å². The lowest BCUT2D eigenvalue weighted by Gasteiger charge is -2.19. The summed E-state index contributed by atoms with van der Waals surface area (Å²) in [6.45, 7) is 4.71. The molecule has 2 aromatic carbocycles. The molecule has 1 unspecified atom stereocenters. The second-order valence-corrected chi connectivity index (χ2v) is 6.71. The van der Waals surface area contributed by atoms with Gasteiger partial charge in [-0.05, 0) is 25.0 Å². The number of aromatic nitrogens is 2. The number of rotatable bonds is 4. The molecule has 0 aliphatic carbocycles. The van der Waals surface area contributed by atoms with Crippen LogP contribution in [-0.4, -0.2) is 22.6 Å². The first-order valence-corrected chi connectivity index (χ1v) is 8.94. The molecule has 1 aromatic heterocycles. The fourth-order valence-corrected chi connectivity index (χ4v) is 3.40. The Hall–Kier alpha value is -2.95. The summed E-state index contributed by atoms with van der Waals surface area (Å²) < 4.78 is 5.48. The molecule has 26 heavy (non-hydrogen) atoms. The van der Waals surface area contributed by atoms with E-state index in [-0.39, 0.29) is 11.8 Å². The predicted molar refractivity (Wildman–Crippen MR) is 100 cm³/mol. The SMILES string of the molecule is CCc1ccccc1N1CC(c2nc(-c3ccc(C)cc3)no2)CC1=O. The number of carbonyl (C=O) groups is 1. The van der Waals surface area contributed by atoms with Gasteiger partial charge in [0.2, 0.25) is 17.6 Å². The number of carbonyl (C=O) groups excluding carboxylic acids is 1. The average molecular weight is 347 g/mol. The Kier molecular flexibility index (Phi) is 4.29. The van der Waals surface area contributed by atoms with Crippen LogP contribution >= 0.6 is 0 Å². The van der Waals surface area contributed by atoms with Crippen molar-refractivity contribution in [2.75, 3.05) is 11.4 Å². The topological polar surface area (TPSA) is 59.2 Å². The van der Waals surface area contributed by atoms with Gasteiger partial charge >= 0.3 is 0 Å². The van der Waals surface area contributed by atoms with E-state index >= 15 is 0 Å². The number of benzene rings is 2. The largest absolute Gasteiger partial charge is 0.339 e. The summed E-state index contributed by atoms with van der Waals surface area (Å²) >= 11 is 0. The summed E-state index contributed by atoms with van der Waals surface area (Å²) in [5.74, 6) is 1.13. The Labute approximate surface area is 152 Å². The molecule has 1 aliphatic heterocycles. The molecule has 1 atom stereocenters. The summed E-state index contributed by atoms with van der Waals surface area (Å²) in [6, 6.07) is 16.1. The van der Waals surface area contributed by atoms with Crippen LogP contribution in [0.3, 0.4) is 0 Å². The summed E-state index contributed by atoms with van der Waals surface area (Å²) in [6.07, 6.45) is 1.29. The van der Waals surface area contributed by atoms with Gasteiger partial charge in [0.05, 0.1) is 5.92 Å². The van der Waals surface area contributed by atoms with E-state index in [1.807, 2.05) is 54.3 Å². The molecule has 4 rings (SSSR count). The van der Waals surface area contributed by atoms with Crippen LogP contribution in [0.15, 0.2) is 53.1 Å². The molecular formula is C21H21N3O2. The molecule has 2 heterocycles. The van der Waals surface area contributed by atoms with Crippen molar-refractivity contribution in [3.63, 3.8) is 0 Å². The Morgan fingerprint density at radius 1 is 1.15 bits per heavy atom. The van der Waals surface area contributed by atoms with E-state index in [0.717, 1.165) is 17.7 Å². The first-order chi connectivity index (χ1) is 12.7. The van der Waals surface area contributed by atoms with E-state index in [0.29, 0.717) is 24.7 Å². The monoisotopic (exact) mass is 347 g/mol. The van der Waals surface area contributed by atoms with E-state index in [4.69, 9.17) is 4.52 Å². The minimum absolute atomic E-state index is 0.0703. The summed E-state index contributed by atoms with van der Waals surface area (Å²) in [5.41, 5.74) is 4.26. The molecule has 0 radical (unpaired) electrons. The quantitative estimate of drug-likeness (QED) is 0.712. The van der Waals surface area contributed by atoms with Gasteiger partial charge in [0, 0.05) is 24.2 Å². The lowest BCUT2D eigenvalue weighted by atomic mass is 10.1. The fourth-order valence-electron chi connectivity index (χ4n) is 3.40. The van der Waals surface area contributed by atoms with Gasteiger partial charge in [0.25, 0.3) is 0 Å². The zero-order valence-corrected chi connectivity index (χ0v) is 15.0. The summed E-state index contributed by atoms with van der Waals surface area (Å²) in [7, 11) is 0. The molecule has 1 fully saturated rings. The van der Waals surface area contributed by atoms with Crippen molar-refractivity contribution in [1.82, 2.24) is 10.1 Å². The Morgan fingerprint density at radius 3 is 2.69 bits per heavy atom. The molecular weight excluding hydrogens is 326 g/mol. The van der Waals surface area contributed by atoms with Gasteiger partial charge in [-0.25, -0.2) is 0 Å². The molecule has 5 nitrogen and oxygen atoms in total. The first kappa shape index (κ1) is 16.5. The number of anilines is 1. The zero-order chi connectivity index (χ0) is 18.1. The molecule has 5 heteroatoms. The third kappa shape index (κ3) is 3.01. The second kappa shape index (κ2) is 6.75. The summed E-state index contributed by atoms with van der Waals surface area (Å²) in [4.78, 5) is 19.0. The Morgan fingerprint density at radius 2 is 1.92 bits per heavy atom. The van der Waals surface area contributed by atoms with Crippen molar-refractivity contribution in [3.8, 4) is 11.4 Å². The van der Waals surface area contributed by atoms with E-state index < -0.39 is 0 Å². The average Bonchev–Trinajstić information content (AvgIpc) is 3.29. The van der Waals surface area contributed by atoms with Crippen LogP contribution in [0.5, 0.6) is 0 Å². The van der Waals surface area contributed by atoms with E-state index in [2.05, 4.69) is 23.1 Å². The fraction of sp³-hybridized carbons (Fsp3) is 0.286. The lowest BCUT2D eigenvalue weighted by Crippen LogP contribution is -2.25. The van der Waals surface area contributed by atoms with Gasteiger partial charge in [-0.1, -0.05) is 60.1 Å². The van der Waals surface area contributed by atoms with Gasteiger partial charge in [-0.15, -0.1) is 0 Å². The molecule has 0 saturated carbocycles. The van der Waals surface area contributed by atoms with Gasteiger partial charge < -0.3 is 9.42 Å². The van der Waals surface area contributed by atoms with Crippen LogP contribution < -0.4 is 4.90 Å². The molecule has 132 valence electrons. The van der Waals surface area contributed by atoms with Crippen molar-refractivity contribution in [3.05, 3.63) is 65.5 Å². The van der Waals surface area contributed by atoms with Crippen molar-refractivity contribution >= 4 is 11.6 Å². The van der Waals surface area contributed by atoms with Crippen LogP contribution in [0.2, 0.25) is 0 Å². The van der Waals surface area contributed by atoms with Crippen LogP contribution in [-0.2, 0) is 11.2 Å². The Bertz CT molecular complexity index is 930. The number of hydrogen-bond donors (Lipinski definition) is 0. The maximum atomic E-state index is 12.6. The van der Waals surface area contributed by atoms with Crippen molar-refractivity contribution < 1.29 is 9.32 Å². The smallest absolute Gasteiger partial charge is 0.232 e. The standard InChI is InChI=1S/C21H21N3O2/c1-3-15-6-4-5-7-18(15)24-13-17(12-19(24)25)21-22-20(23-26-21)16-10-8-14(2)9-11-16/h4-11,17H,3,12-13H2,1-2H3. The Balaban J connectivity index is 1.57. The normalized spacial score (nSPS) is 17.1. The van der Waals surface area contributed by atoms with E-state index in [9.17, 15) is 4.79 Å². The van der Waals surface area contributed by atoms with Gasteiger partial charge in [-0.3, -0.25) is 4.79 Å². The lowest BCUT2D eigenvalue weighted by molar-refractivity contribution is -0.117. The first-order valence-electron chi connectivity index (χ1n) is 8.94. The summed E-state index contributed by atoms with van der Waals surface area (Å²) in [5, 5.41) is 4.10. The molecule has 3 aromatic rings. The molecule has 0 spiro atoms. The minimum atomic E-state index is -0.0703. The van der Waals surface area contributed by atoms with Crippen molar-refractivity contribution in [2.45, 2.75) is 32.6 Å². The molecule has 1 amide bonds. The number of amides is 1. The number of aryl methyl sites for hydroxylation is 2. The van der Waals surface area contributed by atoms with Gasteiger partial charge in [-0.2, -0.15) is 4.98 Å². The maximum Gasteiger partial charge on any atom is 0.232 e. The van der Waals surface area contributed by atoms with Gasteiger partial charge in [0.15, 0.2) is 0 Å². The van der Waals surface area contributed by atoms with Crippen LogP contribution in [0.25, 0.3) is 11.4 Å². The molecule has 0 N–H and O–H groups in total. The second-order valence-electron chi connectivity index (χ2n) is 6.71. The highest BCUT2D eigenvalue weighted by Crippen LogP contribution is 2.33. The predicted octanol–water partition coefficient (Wildman–Crippen LogP) is 4.13. The minimum Gasteiger partial charge on any atom is -0.339 e. The number of hydrogen-bond acceptors (Lipinski definition) is 4. The van der Waals surface area contributed by atoms with Crippen LogP contribution in [0.4, 0.5) is 5.69 Å². The molecule has 1 saturated heterocycles. The van der Waals surface area contributed by atoms with Crippen LogP contribution in [0, 0.1) is 6.92 Å². The van der Waals surface area contributed by atoms with Crippen molar-refractivity contribution in [1.29, 1.82) is 0 Å². The molecule has 0 bridgehead atoms. The van der Waals surface area contributed by atoms with Gasteiger partial charge in [0.1, 0.15) is 0 Å². The van der Waals surface area contributed by atoms with Crippen molar-refractivity contribution in [2.24, 2.45) is 0 Å². The highest BCUT2D eigenvalue weighted by atomic mass is 16.5. The van der Waals surface area contributed by atoms with E-state index in [1.165, 1.54) is 11.1 Å². The van der Waals surface area contributed by atoms with E-state index in [1.54, 1.807) is 0 Å². The third-order valence-electron chi connectivity index (χ3n) is 4.89. The number of nitrogens with zero attached hydrogens (tertiary/aromatic N) is 3. The maximum absolute atomic E-state index is 12.6. The highest BCUT2D eigenvalue weighted by Gasteiger charge is 2.35. The number of para-hydroxylation sites is 1.